The van der Waals surface area contributed by atoms with Crippen LogP contribution in [0.1, 0.15) is 39.0 Å². The Labute approximate surface area is 80.3 Å². The average molecular weight is 184 g/mol. The second kappa shape index (κ2) is 4.61. The van der Waals surface area contributed by atoms with Gasteiger partial charge < -0.3 is 10.6 Å². The van der Waals surface area contributed by atoms with Crippen LogP contribution >= 0.6 is 0 Å². The molecular formula is C10H20N2O. The summed E-state index contributed by atoms with van der Waals surface area (Å²) in [4.78, 5) is 10.9. The average Bonchev–Trinajstić information content (AvgIpc) is 2.09. The molecule has 0 atom stereocenters. The molecule has 2 N–H and O–H groups in total. The molecule has 0 aromatic heterocycles. The second-order valence-electron chi connectivity index (χ2n) is 3.84. The van der Waals surface area contributed by atoms with Crippen molar-refractivity contribution in [3.05, 3.63) is 0 Å². The number of hydrogen-bond donors (Lipinski definition) is 2. The van der Waals surface area contributed by atoms with Crippen LogP contribution in [0.25, 0.3) is 0 Å². The molecule has 0 radical (unpaired) electrons. The van der Waals surface area contributed by atoms with Crippen molar-refractivity contribution < 1.29 is 4.79 Å². The van der Waals surface area contributed by atoms with Gasteiger partial charge in [0, 0.05) is 25.6 Å². The minimum Gasteiger partial charge on any atom is -0.359 e. The van der Waals surface area contributed by atoms with E-state index < -0.39 is 0 Å². The highest BCUT2D eigenvalue weighted by molar-refractivity contribution is 5.75. The molecular weight excluding hydrogens is 164 g/mol. The van der Waals surface area contributed by atoms with Crippen LogP contribution in [0.5, 0.6) is 0 Å². The van der Waals surface area contributed by atoms with Gasteiger partial charge in [0.15, 0.2) is 0 Å². The van der Waals surface area contributed by atoms with Crippen LogP contribution in [0.4, 0.5) is 0 Å². The third-order valence-electron chi connectivity index (χ3n) is 3.12. The van der Waals surface area contributed by atoms with Crippen molar-refractivity contribution in [2.75, 3.05) is 13.6 Å². The quantitative estimate of drug-likeness (QED) is 0.670. The first-order valence-electron chi connectivity index (χ1n) is 5.18. The summed E-state index contributed by atoms with van der Waals surface area (Å²) < 4.78 is 0. The Morgan fingerprint density at radius 3 is 2.54 bits per heavy atom. The van der Waals surface area contributed by atoms with Gasteiger partial charge in [0.05, 0.1) is 0 Å². The van der Waals surface area contributed by atoms with Gasteiger partial charge in [-0.3, -0.25) is 4.79 Å². The summed E-state index contributed by atoms with van der Waals surface area (Å²) in [7, 11) is 1.68. The first-order valence-corrected chi connectivity index (χ1v) is 5.18. The third-order valence-corrected chi connectivity index (χ3v) is 3.12. The highest BCUT2D eigenvalue weighted by Crippen LogP contribution is 2.34. The lowest BCUT2D eigenvalue weighted by Gasteiger charge is -2.42. The molecule has 1 amide bonds. The van der Waals surface area contributed by atoms with Gasteiger partial charge in [0.25, 0.3) is 0 Å². The molecule has 3 heteroatoms. The van der Waals surface area contributed by atoms with E-state index in [1.54, 1.807) is 7.05 Å². The molecule has 1 rings (SSSR count). The van der Waals surface area contributed by atoms with Gasteiger partial charge in [0.2, 0.25) is 5.91 Å². The number of amides is 1. The summed E-state index contributed by atoms with van der Waals surface area (Å²) in [5.41, 5.74) is 0.369. The predicted octanol–water partition coefficient (Wildman–Crippen LogP) is 1.04. The van der Waals surface area contributed by atoms with E-state index in [1.165, 1.54) is 25.7 Å². The fourth-order valence-electron chi connectivity index (χ4n) is 1.83. The minimum atomic E-state index is 0.123. The van der Waals surface area contributed by atoms with E-state index >= 15 is 0 Å². The van der Waals surface area contributed by atoms with Gasteiger partial charge in [-0.15, -0.1) is 0 Å². The molecule has 0 unspecified atom stereocenters. The van der Waals surface area contributed by atoms with E-state index in [1.807, 2.05) is 0 Å². The van der Waals surface area contributed by atoms with Crippen molar-refractivity contribution in [1.29, 1.82) is 0 Å². The first kappa shape index (κ1) is 10.5. The minimum absolute atomic E-state index is 0.123. The summed E-state index contributed by atoms with van der Waals surface area (Å²) in [5.74, 6) is 0.123. The zero-order valence-corrected chi connectivity index (χ0v) is 8.65. The smallest absolute Gasteiger partial charge is 0.221 e. The van der Waals surface area contributed by atoms with Crippen molar-refractivity contribution in [1.82, 2.24) is 10.6 Å². The summed E-state index contributed by atoms with van der Waals surface area (Å²) in [6.07, 6.45) is 5.66. The SMILES string of the molecule is CCC1(NCCC(=O)NC)CCC1. The highest BCUT2D eigenvalue weighted by atomic mass is 16.1. The topological polar surface area (TPSA) is 41.1 Å². The van der Waals surface area contributed by atoms with E-state index in [2.05, 4.69) is 17.6 Å². The predicted molar refractivity (Wildman–Crippen MR) is 53.6 cm³/mol. The van der Waals surface area contributed by atoms with Crippen molar-refractivity contribution in [2.45, 2.75) is 44.6 Å². The number of carbonyl (C=O) groups excluding carboxylic acids is 1. The fourth-order valence-corrected chi connectivity index (χ4v) is 1.83. The molecule has 1 aliphatic carbocycles. The molecule has 76 valence electrons. The lowest BCUT2D eigenvalue weighted by atomic mass is 9.75. The number of carbonyl (C=O) groups is 1. The maximum atomic E-state index is 10.9. The zero-order chi connectivity index (χ0) is 9.73. The zero-order valence-electron chi connectivity index (χ0n) is 8.65. The molecule has 0 aromatic rings. The highest BCUT2D eigenvalue weighted by Gasteiger charge is 2.33. The molecule has 0 aliphatic heterocycles. The molecule has 1 fully saturated rings. The summed E-state index contributed by atoms with van der Waals surface area (Å²) >= 11 is 0. The lowest BCUT2D eigenvalue weighted by molar-refractivity contribution is -0.120. The first-order chi connectivity index (χ1) is 6.22. The van der Waals surface area contributed by atoms with E-state index in [4.69, 9.17) is 0 Å². The van der Waals surface area contributed by atoms with E-state index in [0.29, 0.717) is 12.0 Å². The molecule has 0 bridgehead atoms. The normalized spacial score (nSPS) is 19.2. The maximum absolute atomic E-state index is 10.9. The summed E-state index contributed by atoms with van der Waals surface area (Å²) in [5, 5.41) is 6.11. The molecule has 3 nitrogen and oxygen atoms in total. The molecule has 0 heterocycles. The van der Waals surface area contributed by atoms with E-state index in [9.17, 15) is 4.79 Å². The number of hydrogen-bond acceptors (Lipinski definition) is 2. The monoisotopic (exact) mass is 184 g/mol. The van der Waals surface area contributed by atoms with Crippen LogP contribution in [0.15, 0.2) is 0 Å². The van der Waals surface area contributed by atoms with Crippen molar-refractivity contribution >= 4 is 5.91 Å². The molecule has 0 aromatic carbocycles. The van der Waals surface area contributed by atoms with Crippen molar-refractivity contribution in [2.24, 2.45) is 0 Å². The standard InChI is InChI=1S/C10H20N2O/c1-3-10(6-4-7-10)12-8-5-9(13)11-2/h12H,3-8H2,1-2H3,(H,11,13). The van der Waals surface area contributed by atoms with Crippen molar-refractivity contribution in [3.8, 4) is 0 Å². The van der Waals surface area contributed by atoms with Gasteiger partial charge in [-0.2, -0.15) is 0 Å². The number of rotatable bonds is 5. The van der Waals surface area contributed by atoms with Crippen LogP contribution < -0.4 is 10.6 Å². The second-order valence-corrected chi connectivity index (χ2v) is 3.84. The Hall–Kier alpha value is -0.570. The molecule has 1 saturated carbocycles. The van der Waals surface area contributed by atoms with Gasteiger partial charge in [-0.1, -0.05) is 6.92 Å². The summed E-state index contributed by atoms with van der Waals surface area (Å²) in [6.45, 7) is 3.03. The Kier molecular flexibility index (Phi) is 3.72. The maximum Gasteiger partial charge on any atom is 0.221 e. The Bertz CT molecular complexity index is 170. The Balaban J connectivity index is 2.14. The summed E-state index contributed by atoms with van der Waals surface area (Å²) in [6, 6.07) is 0. The van der Waals surface area contributed by atoms with Crippen LogP contribution in [-0.2, 0) is 4.79 Å². The third kappa shape index (κ3) is 2.69. The van der Waals surface area contributed by atoms with Crippen LogP contribution in [0.2, 0.25) is 0 Å². The van der Waals surface area contributed by atoms with Gasteiger partial charge in [-0.25, -0.2) is 0 Å². The Morgan fingerprint density at radius 1 is 1.46 bits per heavy atom. The van der Waals surface area contributed by atoms with Crippen LogP contribution in [0, 0.1) is 0 Å². The number of nitrogens with one attached hydrogen (secondary N) is 2. The van der Waals surface area contributed by atoms with Gasteiger partial charge >= 0.3 is 0 Å². The van der Waals surface area contributed by atoms with Crippen LogP contribution in [0.3, 0.4) is 0 Å². The van der Waals surface area contributed by atoms with E-state index in [0.717, 1.165) is 6.54 Å². The molecule has 0 spiro atoms. The fraction of sp³-hybridized carbons (Fsp3) is 0.900. The van der Waals surface area contributed by atoms with Crippen LogP contribution in [-0.4, -0.2) is 25.0 Å². The lowest BCUT2D eigenvalue weighted by Crippen LogP contribution is -2.51. The van der Waals surface area contributed by atoms with Gasteiger partial charge in [-0.05, 0) is 25.7 Å². The van der Waals surface area contributed by atoms with Crippen molar-refractivity contribution in [3.63, 3.8) is 0 Å². The van der Waals surface area contributed by atoms with Gasteiger partial charge in [0.1, 0.15) is 0 Å². The largest absolute Gasteiger partial charge is 0.359 e. The molecule has 13 heavy (non-hydrogen) atoms. The molecule has 0 saturated heterocycles. The van der Waals surface area contributed by atoms with E-state index in [-0.39, 0.29) is 5.91 Å². The molecule has 1 aliphatic rings. The Morgan fingerprint density at radius 2 is 2.15 bits per heavy atom.